The lowest BCUT2D eigenvalue weighted by Crippen LogP contribution is -2.41. The van der Waals surface area contributed by atoms with Crippen molar-refractivity contribution < 1.29 is 4.79 Å². The van der Waals surface area contributed by atoms with Gasteiger partial charge in [-0.2, -0.15) is 0 Å². The predicted octanol–water partition coefficient (Wildman–Crippen LogP) is 4.52. The molecule has 1 saturated carbocycles. The van der Waals surface area contributed by atoms with Crippen molar-refractivity contribution in [2.24, 2.45) is 5.73 Å². The molecule has 0 radical (unpaired) electrons. The molecule has 3 N–H and O–H groups in total. The second-order valence-corrected chi connectivity index (χ2v) is 7.24. The monoisotopic (exact) mass is 330 g/mol. The van der Waals surface area contributed by atoms with Crippen molar-refractivity contribution in [3.05, 3.63) is 35.9 Å². The SMILES string of the molecule is CCCCCCCCCCC(N)C(=O)NC1CC1c1ccccc1. The van der Waals surface area contributed by atoms with Crippen LogP contribution in [0.1, 0.15) is 82.6 Å². The minimum Gasteiger partial charge on any atom is -0.351 e. The average Bonchev–Trinajstić information content (AvgIpc) is 3.37. The van der Waals surface area contributed by atoms with Gasteiger partial charge in [0, 0.05) is 12.0 Å². The molecule has 0 heterocycles. The number of unbranched alkanes of at least 4 members (excludes halogenated alkanes) is 7. The maximum Gasteiger partial charge on any atom is 0.237 e. The zero-order valence-corrected chi connectivity index (χ0v) is 15.2. The van der Waals surface area contributed by atoms with E-state index in [4.69, 9.17) is 5.73 Å². The summed E-state index contributed by atoms with van der Waals surface area (Å²) in [6, 6.07) is 10.3. The Morgan fingerprint density at radius 2 is 1.71 bits per heavy atom. The molecule has 0 aliphatic heterocycles. The number of carbonyl (C=O) groups excluding carboxylic acids is 1. The van der Waals surface area contributed by atoms with Crippen molar-refractivity contribution >= 4 is 5.91 Å². The third-order valence-electron chi connectivity index (χ3n) is 5.05. The predicted molar refractivity (Wildman–Crippen MR) is 101 cm³/mol. The Labute approximate surface area is 147 Å². The summed E-state index contributed by atoms with van der Waals surface area (Å²) in [5, 5.41) is 3.11. The normalized spacial score (nSPS) is 20.6. The Kier molecular flexibility index (Phi) is 8.31. The Bertz CT molecular complexity index is 474. The molecule has 3 atom stereocenters. The molecule has 2 rings (SSSR count). The fraction of sp³-hybridized carbons (Fsp3) is 0.667. The Morgan fingerprint density at radius 3 is 2.38 bits per heavy atom. The Morgan fingerprint density at radius 1 is 1.08 bits per heavy atom. The molecule has 0 spiro atoms. The van der Waals surface area contributed by atoms with Crippen LogP contribution in [0.25, 0.3) is 0 Å². The number of amides is 1. The van der Waals surface area contributed by atoms with Crippen LogP contribution in [-0.4, -0.2) is 18.0 Å². The number of nitrogens with one attached hydrogen (secondary N) is 1. The van der Waals surface area contributed by atoms with E-state index in [9.17, 15) is 4.79 Å². The van der Waals surface area contributed by atoms with E-state index in [1.807, 2.05) is 6.07 Å². The van der Waals surface area contributed by atoms with Gasteiger partial charge in [0.1, 0.15) is 0 Å². The van der Waals surface area contributed by atoms with Gasteiger partial charge in [-0.3, -0.25) is 4.79 Å². The summed E-state index contributed by atoms with van der Waals surface area (Å²) in [5.74, 6) is 0.506. The maximum absolute atomic E-state index is 12.2. The summed E-state index contributed by atoms with van der Waals surface area (Å²) in [5.41, 5.74) is 7.36. The van der Waals surface area contributed by atoms with E-state index in [0.717, 1.165) is 19.3 Å². The summed E-state index contributed by atoms with van der Waals surface area (Å²) < 4.78 is 0. The summed E-state index contributed by atoms with van der Waals surface area (Å²) in [7, 11) is 0. The topological polar surface area (TPSA) is 55.1 Å². The first kappa shape index (κ1) is 19.0. The van der Waals surface area contributed by atoms with Crippen LogP contribution < -0.4 is 11.1 Å². The molecule has 24 heavy (non-hydrogen) atoms. The quantitative estimate of drug-likeness (QED) is 0.554. The molecule has 0 aromatic heterocycles. The van der Waals surface area contributed by atoms with Crippen LogP contribution in [0.3, 0.4) is 0 Å². The first-order valence-corrected chi connectivity index (χ1v) is 9.83. The van der Waals surface area contributed by atoms with Crippen molar-refractivity contribution in [3.8, 4) is 0 Å². The lowest BCUT2D eigenvalue weighted by atomic mass is 10.0. The van der Waals surface area contributed by atoms with Crippen LogP contribution in [0.15, 0.2) is 30.3 Å². The largest absolute Gasteiger partial charge is 0.351 e. The van der Waals surface area contributed by atoms with E-state index >= 15 is 0 Å². The number of hydrogen-bond donors (Lipinski definition) is 2. The third kappa shape index (κ3) is 6.64. The lowest BCUT2D eigenvalue weighted by molar-refractivity contribution is -0.122. The van der Waals surface area contributed by atoms with E-state index in [1.54, 1.807) is 0 Å². The smallest absolute Gasteiger partial charge is 0.237 e. The molecule has 1 aromatic carbocycles. The molecule has 1 fully saturated rings. The van der Waals surface area contributed by atoms with Crippen molar-refractivity contribution in [1.82, 2.24) is 5.32 Å². The second kappa shape index (κ2) is 10.5. The second-order valence-electron chi connectivity index (χ2n) is 7.24. The van der Waals surface area contributed by atoms with Gasteiger partial charge in [0.05, 0.1) is 6.04 Å². The minimum absolute atomic E-state index is 0.0291. The van der Waals surface area contributed by atoms with Gasteiger partial charge in [0.2, 0.25) is 5.91 Å². The number of nitrogens with two attached hydrogens (primary N) is 1. The highest BCUT2D eigenvalue weighted by molar-refractivity contribution is 5.82. The highest BCUT2D eigenvalue weighted by atomic mass is 16.2. The third-order valence-corrected chi connectivity index (χ3v) is 5.05. The van der Waals surface area contributed by atoms with Crippen LogP contribution in [0.5, 0.6) is 0 Å². The molecule has 134 valence electrons. The van der Waals surface area contributed by atoms with Crippen molar-refractivity contribution in [1.29, 1.82) is 0 Å². The molecule has 0 saturated heterocycles. The molecule has 3 nitrogen and oxygen atoms in total. The molecular weight excluding hydrogens is 296 g/mol. The summed E-state index contributed by atoms with van der Waals surface area (Å²) in [6.45, 7) is 2.25. The molecule has 3 unspecified atom stereocenters. The number of carbonyl (C=O) groups is 1. The van der Waals surface area contributed by atoms with Crippen LogP contribution in [-0.2, 0) is 4.79 Å². The average molecular weight is 331 g/mol. The fourth-order valence-electron chi connectivity index (χ4n) is 3.34. The van der Waals surface area contributed by atoms with Crippen molar-refractivity contribution in [2.75, 3.05) is 0 Å². The molecule has 0 bridgehead atoms. The van der Waals surface area contributed by atoms with E-state index in [2.05, 4.69) is 36.5 Å². The van der Waals surface area contributed by atoms with E-state index in [-0.39, 0.29) is 18.0 Å². The van der Waals surface area contributed by atoms with E-state index < -0.39 is 0 Å². The lowest BCUT2D eigenvalue weighted by Gasteiger charge is -2.12. The fourth-order valence-corrected chi connectivity index (χ4v) is 3.34. The van der Waals surface area contributed by atoms with Gasteiger partial charge in [-0.25, -0.2) is 0 Å². The molecule has 1 aliphatic rings. The Balaban J connectivity index is 1.52. The molecule has 1 amide bonds. The minimum atomic E-state index is -0.345. The number of rotatable bonds is 12. The van der Waals surface area contributed by atoms with Gasteiger partial charge in [0.15, 0.2) is 0 Å². The molecule has 1 aliphatic carbocycles. The zero-order chi connectivity index (χ0) is 17.2. The van der Waals surface area contributed by atoms with Crippen LogP contribution in [0, 0.1) is 0 Å². The van der Waals surface area contributed by atoms with Crippen LogP contribution in [0.2, 0.25) is 0 Å². The summed E-state index contributed by atoms with van der Waals surface area (Å²) in [6.07, 6.45) is 12.1. The first-order valence-electron chi connectivity index (χ1n) is 9.83. The standard InChI is InChI=1S/C21H34N2O/c1-2-3-4-5-6-7-8-12-15-19(22)21(24)23-20-16-18(20)17-13-10-9-11-14-17/h9-11,13-14,18-20H,2-8,12,15-16,22H2,1H3,(H,23,24). The van der Waals surface area contributed by atoms with Gasteiger partial charge in [-0.1, -0.05) is 88.6 Å². The van der Waals surface area contributed by atoms with E-state index in [0.29, 0.717) is 5.92 Å². The van der Waals surface area contributed by atoms with Crippen LogP contribution >= 0.6 is 0 Å². The number of benzene rings is 1. The molecular formula is C21H34N2O. The zero-order valence-electron chi connectivity index (χ0n) is 15.2. The van der Waals surface area contributed by atoms with Gasteiger partial charge < -0.3 is 11.1 Å². The Hall–Kier alpha value is -1.35. The maximum atomic E-state index is 12.2. The highest BCUT2D eigenvalue weighted by Gasteiger charge is 2.39. The van der Waals surface area contributed by atoms with Gasteiger partial charge in [-0.05, 0) is 18.4 Å². The van der Waals surface area contributed by atoms with Crippen molar-refractivity contribution in [2.45, 2.75) is 89.1 Å². The van der Waals surface area contributed by atoms with Gasteiger partial charge >= 0.3 is 0 Å². The van der Waals surface area contributed by atoms with Gasteiger partial charge in [0.25, 0.3) is 0 Å². The molecule has 3 heteroatoms. The highest BCUT2D eigenvalue weighted by Crippen LogP contribution is 2.40. The summed E-state index contributed by atoms with van der Waals surface area (Å²) >= 11 is 0. The number of hydrogen-bond acceptors (Lipinski definition) is 2. The van der Waals surface area contributed by atoms with Gasteiger partial charge in [-0.15, -0.1) is 0 Å². The van der Waals surface area contributed by atoms with Crippen molar-refractivity contribution in [3.63, 3.8) is 0 Å². The van der Waals surface area contributed by atoms with E-state index in [1.165, 1.54) is 50.5 Å². The van der Waals surface area contributed by atoms with Crippen LogP contribution in [0.4, 0.5) is 0 Å². The first-order chi connectivity index (χ1) is 11.7. The summed E-state index contributed by atoms with van der Waals surface area (Å²) in [4.78, 5) is 12.2. The molecule has 1 aromatic rings.